The minimum atomic E-state index is -4.49. The van der Waals surface area contributed by atoms with Crippen LogP contribution in [0, 0.1) is 11.7 Å². The molecule has 1 aromatic rings. The summed E-state index contributed by atoms with van der Waals surface area (Å²) in [5.41, 5.74) is -0.516. The fraction of sp³-hybridized carbons (Fsp3) is 0.714. The molecule has 0 amide bonds. The summed E-state index contributed by atoms with van der Waals surface area (Å²) in [6, 6.07) is 3.81. The van der Waals surface area contributed by atoms with E-state index in [1.165, 1.54) is 38.2 Å². The van der Waals surface area contributed by atoms with Crippen LogP contribution in [0.4, 0.5) is 17.6 Å². The van der Waals surface area contributed by atoms with Crippen molar-refractivity contribution < 1.29 is 17.6 Å². The Morgan fingerprint density at radius 3 is 2.27 bits per heavy atom. The van der Waals surface area contributed by atoms with E-state index < -0.39 is 17.6 Å². The molecular formula is C21H29F4N. The van der Waals surface area contributed by atoms with Gasteiger partial charge >= 0.3 is 6.18 Å². The van der Waals surface area contributed by atoms with Crippen LogP contribution in [-0.2, 0) is 6.18 Å². The average molecular weight is 371 g/mol. The van der Waals surface area contributed by atoms with Gasteiger partial charge in [-0.15, -0.1) is 0 Å². The van der Waals surface area contributed by atoms with E-state index in [1.54, 1.807) is 0 Å². The van der Waals surface area contributed by atoms with Crippen molar-refractivity contribution in [2.24, 2.45) is 5.92 Å². The van der Waals surface area contributed by atoms with Crippen LogP contribution >= 0.6 is 0 Å². The Morgan fingerprint density at radius 2 is 1.62 bits per heavy atom. The Bertz CT molecular complexity index is 570. The molecule has 3 rings (SSSR count). The molecule has 0 atom stereocenters. The Morgan fingerprint density at radius 1 is 0.923 bits per heavy atom. The van der Waals surface area contributed by atoms with Gasteiger partial charge in [-0.3, -0.25) is 0 Å². The molecule has 2 fully saturated rings. The Kier molecular flexibility index (Phi) is 6.60. The van der Waals surface area contributed by atoms with Gasteiger partial charge in [0.15, 0.2) is 0 Å². The van der Waals surface area contributed by atoms with Gasteiger partial charge in [0.1, 0.15) is 5.82 Å². The topological polar surface area (TPSA) is 12.0 Å². The number of hydrogen-bond donors (Lipinski definition) is 1. The summed E-state index contributed by atoms with van der Waals surface area (Å²) in [6.45, 7) is 1.02. The molecule has 1 N–H and O–H groups in total. The zero-order valence-electron chi connectivity index (χ0n) is 15.3. The van der Waals surface area contributed by atoms with Gasteiger partial charge in [-0.05, 0) is 81.0 Å². The van der Waals surface area contributed by atoms with Gasteiger partial charge in [-0.25, -0.2) is 4.39 Å². The van der Waals surface area contributed by atoms with Gasteiger partial charge in [0.05, 0.1) is 5.56 Å². The van der Waals surface area contributed by atoms with Crippen molar-refractivity contribution >= 4 is 0 Å². The monoisotopic (exact) mass is 371 g/mol. The summed E-state index contributed by atoms with van der Waals surface area (Å²) in [6.07, 6.45) is 6.63. The van der Waals surface area contributed by atoms with Crippen molar-refractivity contribution in [3.05, 3.63) is 35.1 Å². The van der Waals surface area contributed by atoms with Gasteiger partial charge in [0, 0.05) is 6.04 Å². The van der Waals surface area contributed by atoms with Gasteiger partial charge in [0.2, 0.25) is 0 Å². The van der Waals surface area contributed by atoms with Crippen LogP contribution in [0.5, 0.6) is 0 Å². The number of hydrogen-bond acceptors (Lipinski definition) is 1. The van der Waals surface area contributed by atoms with Gasteiger partial charge in [-0.1, -0.05) is 25.3 Å². The normalized spacial score (nSPS) is 25.4. The molecule has 1 aromatic carbocycles. The number of nitrogens with one attached hydrogen (secondary N) is 1. The second-order valence-corrected chi connectivity index (χ2v) is 8.02. The maximum absolute atomic E-state index is 13.3. The molecule has 0 radical (unpaired) electrons. The van der Waals surface area contributed by atoms with Crippen molar-refractivity contribution in [2.75, 3.05) is 6.54 Å². The summed E-state index contributed by atoms with van der Waals surface area (Å²) in [5, 5.41) is 3.66. The first-order valence-electron chi connectivity index (χ1n) is 10.0. The van der Waals surface area contributed by atoms with Crippen molar-refractivity contribution in [3.8, 4) is 0 Å². The van der Waals surface area contributed by atoms with Crippen LogP contribution in [0.2, 0.25) is 0 Å². The largest absolute Gasteiger partial charge is 0.416 e. The molecule has 2 aliphatic carbocycles. The van der Waals surface area contributed by atoms with Crippen molar-refractivity contribution in [1.29, 1.82) is 0 Å². The lowest BCUT2D eigenvalue weighted by Gasteiger charge is -2.31. The first kappa shape index (κ1) is 19.7. The number of rotatable bonds is 5. The summed E-state index contributed by atoms with van der Waals surface area (Å²) in [7, 11) is 0. The fourth-order valence-corrected chi connectivity index (χ4v) is 4.69. The van der Waals surface area contributed by atoms with E-state index in [2.05, 4.69) is 5.32 Å². The second-order valence-electron chi connectivity index (χ2n) is 8.02. The summed E-state index contributed by atoms with van der Waals surface area (Å²) < 4.78 is 53.0. The fourth-order valence-electron chi connectivity index (χ4n) is 4.69. The molecule has 0 bridgehead atoms. The van der Waals surface area contributed by atoms with Gasteiger partial charge in [-0.2, -0.15) is 13.2 Å². The van der Waals surface area contributed by atoms with E-state index in [-0.39, 0.29) is 11.5 Å². The quantitative estimate of drug-likeness (QED) is 0.588. The molecule has 0 unspecified atom stereocenters. The average Bonchev–Trinajstić information content (AvgIpc) is 2.63. The molecule has 5 heteroatoms. The molecule has 1 nitrogen and oxygen atoms in total. The molecule has 2 aliphatic rings. The predicted octanol–water partition coefficient (Wildman–Crippen LogP) is 6.43. The first-order chi connectivity index (χ1) is 12.4. The first-order valence-corrected chi connectivity index (χ1v) is 10.0. The van der Waals surface area contributed by atoms with Crippen molar-refractivity contribution in [1.82, 2.24) is 5.32 Å². The molecule has 26 heavy (non-hydrogen) atoms. The zero-order chi connectivity index (χ0) is 18.6. The maximum atomic E-state index is 13.3. The summed E-state index contributed by atoms with van der Waals surface area (Å²) in [5.74, 6) is -0.324. The van der Waals surface area contributed by atoms with E-state index in [0.29, 0.717) is 18.0 Å². The van der Waals surface area contributed by atoms with Crippen LogP contribution in [-0.4, -0.2) is 12.6 Å². The molecule has 0 heterocycles. The highest BCUT2D eigenvalue weighted by Gasteiger charge is 2.36. The van der Waals surface area contributed by atoms with Gasteiger partial charge in [0.25, 0.3) is 0 Å². The highest BCUT2D eigenvalue weighted by Crippen LogP contribution is 2.42. The molecular weight excluding hydrogens is 342 g/mol. The van der Waals surface area contributed by atoms with Crippen molar-refractivity contribution in [2.45, 2.75) is 82.3 Å². The Balaban J connectivity index is 1.49. The van der Waals surface area contributed by atoms with E-state index in [9.17, 15) is 17.6 Å². The van der Waals surface area contributed by atoms with E-state index in [0.717, 1.165) is 44.7 Å². The molecule has 0 saturated heterocycles. The van der Waals surface area contributed by atoms with Crippen LogP contribution in [0.15, 0.2) is 18.2 Å². The van der Waals surface area contributed by atoms with E-state index >= 15 is 0 Å². The maximum Gasteiger partial charge on any atom is 0.416 e. The standard InChI is InChI=1S/C21H29F4N/c22-17-10-11-19(20(14-17)21(23,24)25)16-8-6-15(7-9-16)12-13-26-18-4-2-1-3-5-18/h10-11,14-16,18,26H,1-9,12-13H2/t15-,16+. The smallest absolute Gasteiger partial charge is 0.314 e. The lowest BCUT2D eigenvalue weighted by Crippen LogP contribution is -2.32. The third-order valence-corrected chi connectivity index (χ3v) is 6.20. The lowest BCUT2D eigenvalue weighted by molar-refractivity contribution is -0.138. The van der Waals surface area contributed by atoms with Crippen LogP contribution in [0.25, 0.3) is 0 Å². The minimum absolute atomic E-state index is 0.102. The van der Waals surface area contributed by atoms with Crippen LogP contribution in [0.1, 0.15) is 81.3 Å². The zero-order valence-corrected chi connectivity index (χ0v) is 15.3. The van der Waals surface area contributed by atoms with Crippen LogP contribution < -0.4 is 5.32 Å². The molecule has 0 aliphatic heterocycles. The van der Waals surface area contributed by atoms with E-state index in [1.807, 2.05) is 0 Å². The highest BCUT2D eigenvalue weighted by molar-refractivity contribution is 5.33. The molecule has 146 valence electrons. The summed E-state index contributed by atoms with van der Waals surface area (Å²) >= 11 is 0. The molecule has 2 saturated carbocycles. The lowest BCUT2D eigenvalue weighted by atomic mass is 9.76. The molecule has 0 spiro atoms. The Labute approximate surface area is 153 Å². The molecule has 0 aromatic heterocycles. The Hall–Kier alpha value is -1.10. The van der Waals surface area contributed by atoms with Gasteiger partial charge < -0.3 is 5.32 Å². The summed E-state index contributed by atoms with van der Waals surface area (Å²) in [4.78, 5) is 0. The highest BCUT2D eigenvalue weighted by atomic mass is 19.4. The number of alkyl halides is 3. The van der Waals surface area contributed by atoms with Crippen molar-refractivity contribution in [3.63, 3.8) is 0 Å². The SMILES string of the molecule is Fc1ccc([C@H]2CC[C@@H](CCNC3CCCCC3)CC2)c(C(F)(F)F)c1. The van der Waals surface area contributed by atoms with E-state index in [4.69, 9.17) is 0 Å². The minimum Gasteiger partial charge on any atom is -0.314 e. The number of halogens is 4. The second kappa shape index (κ2) is 8.73. The third-order valence-electron chi connectivity index (χ3n) is 6.20. The van der Waals surface area contributed by atoms with Crippen LogP contribution in [0.3, 0.4) is 0 Å². The number of benzene rings is 1. The third kappa shape index (κ3) is 5.21. The predicted molar refractivity (Wildman–Crippen MR) is 95.6 cm³/mol.